The molecule has 1 aromatic heterocycles. The normalized spacial score (nSPS) is 11.1. The Morgan fingerprint density at radius 3 is 2.77 bits per heavy atom. The van der Waals surface area contributed by atoms with Gasteiger partial charge in [-0.05, 0) is 33.2 Å². The second-order valence-corrected chi connectivity index (χ2v) is 5.55. The molecule has 0 unspecified atom stereocenters. The van der Waals surface area contributed by atoms with Crippen LogP contribution in [0.25, 0.3) is 11.0 Å². The van der Waals surface area contributed by atoms with Gasteiger partial charge in [0.25, 0.3) is 5.56 Å². The van der Waals surface area contributed by atoms with Crippen molar-refractivity contribution in [1.29, 1.82) is 0 Å². The van der Waals surface area contributed by atoms with E-state index in [1.54, 1.807) is 11.5 Å². The van der Waals surface area contributed by atoms with Crippen LogP contribution in [0.3, 0.4) is 0 Å². The molecule has 0 saturated carbocycles. The third-order valence-electron chi connectivity index (χ3n) is 3.46. The van der Waals surface area contributed by atoms with Crippen LogP contribution >= 0.6 is 0 Å². The van der Waals surface area contributed by atoms with Crippen molar-refractivity contribution in [3.8, 4) is 0 Å². The maximum Gasteiger partial charge on any atom is 0.272 e. The van der Waals surface area contributed by atoms with Gasteiger partial charge in [-0.1, -0.05) is 12.1 Å². The van der Waals surface area contributed by atoms with Crippen molar-refractivity contribution < 1.29 is 4.79 Å². The van der Waals surface area contributed by atoms with Gasteiger partial charge in [-0.25, -0.2) is 4.98 Å². The van der Waals surface area contributed by atoms with Crippen molar-refractivity contribution in [1.82, 2.24) is 19.8 Å². The maximum atomic E-state index is 12.3. The monoisotopic (exact) mass is 302 g/mol. The van der Waals surface area contributed by atoms with Gasteiger partial charge in [0.1, 0.15) is 5.69 Å². The number of fused-ring (bicyclic) bond motifs is 1. The van der Waals surface area contributed by atoms with Gasteiger partial charge in [-0.15, -0.1) is 0 Å². The molecule has 0 atom stereocenters. The van der Waals surface area contributed by atoms with E-state index in [2.05, 4.69) is 10.3 Å². The molecule has 118 valence electrons. The van der Waals surface area contributed by atoms with Gasteiger partial charge in [0.2, 0.25) is 5.91 Å². The fraction of sp³-hybridized carbons (Fsp3) is 0.438. The van der Waals surface area contributed by atoms with Crippen LogP contribution < -0.4 is 10.9 Å². The molecule has 0 fully saturated rings. The summed E-state index contributed by atoms with van der Waals surface area (Å²) in [5, 5.41) is 2.85. The first-order valence-electron chi connectivity index (χ1n) is 7.36. The number of para-hydroxylation sites is 2. The number of benzene rings is 1. The van der Waals surface area contributed by atoms with E-state index in [0.29, 0.717) is 18.8 Å². The molecule has 6 heteroatoms. The predicted molar refractivity (Wildman–Crippen MR) is 86.9 cm³/mol. The molecule has 6 nitrogen and oxygen atoms in total. The Morgan fingerprint density at radius 1 is 1.32 bits per heavy atom. The van der Waals surface area contributed by atoms with Crippen molar-refractivity contribution in [2.24, 2.45) is 0 Å². The third-order valence-corrected chi connectivity index (χ3v) is 3.46. The number of aryl methyl sites for hydroxylation is 2. The predicted octanol–water partition coefficient (Wildman–Crippen LogP) is 0.773. The van der Waals surface area contributed by atoms with E-state index < -0.39 is 0 Å². The lowest BCUT2D eigenvalue weighted by atomic mass is 10.2. The van der Waals surface area contributed by atoms with Crippen LogP contribution in [-0.4, -0.2) is 47.5 Å². The average Bonchev–Trinajstić information content (AvgIpc) is 2.47. The van der Waals surface area contributed by atoms with Crippen molar-refractivity contribution in [2.75, 3.05) is 27.2 Å². The zero-order valence-electron chi connectivity index (χ0n) is 13.3. The Bertz CT molecular complexity index is 722. The zero-order valence-corrected chi connectivity index (χ0v) is 13.3. The van der Waals surface area contributed by atoms with Crippen LogP contribution in [0.5, 0.6) is 0 Å². The van der Waals surface area contributed by atoms with E-state index in [-0.39, 0.29) is 17.9 Å². The number of rotatable bonds is 6. The Kier molecular flexibility index (Phi) is 5.27. The number of amides is 1. The smallest absolute Gasteiger partial charge is 0.272 e. The molecule has 1 amide bonds. The summed E-state index contributed by atoms with van der Waals surface area (Å²) in [6, 6.07) is 7.48. The second kappa shape index (κ2) is 7.17. The second-order valence-electron chi connectivity index (χ2n) is 5.55. The first kappa shape index (κ1) is 16.2. The number of carbonyl (C=O) groups is 1. The molecule has 0 aliphatic carbocycles. The molecule has 2 rings (SSSR count). The molecule has 0 radical (unpaired) electrons. The molecule has 0 aliphatic rings. The SMILES string of the molecule is Cc1nc2ccccc2n(CCC(=O)NCCN(C)C)c1=O. The number of nitrogens with one attached hydrogen (secondary N) is 1. The molecule has 0 saturated heterocycles. The van der Waals surface area contributed by atoms with Crippen LogP contribution in [0.15, 0.2) is 29.1 Å². The third kappa shape index (κ3) is 3.92. The molecule has 2 aromatic rings. The summed E-state index contributed by atoms with van der Waals surface area (Å²) in [5.41, 5.74) is 1.85. The quantitative estimate of drug-likeness (QED) is 0.856. The maximum absolute atomic E-state index is 12.3. The minimum absolute atomic E-state index is 0.0488. The minimum Gasteiger partial charge on any atom is -0.355 e. The van der Waals surface area contributed by atoms with E-state index in [4.69, 9.17) is 0 Å². The number of hydrogen-bond acceptors (Lipinski definition) is 4. The Balaban J connectivity index is 2.10. The number of hydrogen-bond donors (Lipinski definition) is 1. The zero-order chi connectivity index (χ0) is 16.1. The van der Waals surface area contributed by atoms with E-state index in [0.717, 1.165) is 17.6 Å². The number of carbonyl (C=O) groups excluding carboxylic acids is 1. The first-order chi connectivity index (χ1) is 10.5. The molecule has 0 bridgehead atoms. The molecule has 22 heavy (non-hydrogen) atoms. The van der Waals surface area contributed by atoms with Crippen molar-refractivity contribution in [2.45, 2.75) is 19.9 Å². The Labute approximate surface area is 129 Å². The summed E-state index contributed by atoms with van der Waals surface area (Å²) >= 11 is 0. The standard InChI is InChI=1S/C16H22N4O2/c1-12-16(22)20(14-7-5-4-6-13(14)18-12)10-8-15(21)17-9-11-19(2)3/h4-7H,8-11H2,1-3H3,(H,17,21). The molecular formula is C16H22N4O2. The van der Waals surface area contributed by atoms with Crippen LogP contribution in [0.1, 0.15) is 12.1 Å². The summed E-state index contributed by atoms with van der Waals surface area (Å²) in [4.78, 5) is 30.4. The number of nitrogens with zero attached hydrogens (tertiary/aromatic N) is 3. The molecule has 1 N–H and O–H groups in total. The number of aromatic nitrogens is 2. The van der Waals surface area contributed by atoms with Crippen molar-refractivity contribution in [3.05, 3.63) is 40.3 Å². The molecule has 0 spiro atoms. The van der Waals surface area contributed by atoms with Gasteiger partial charge in [-0.3, -0.25) is 9.59 Å². The summed E-state index contributed by atoms with van der Waals surface area (Å²) in [7, 11) is 3.91. The summed E-state index contributed by atoms with van der Waals surface area (Å²) in [6.45, 7) is 3.46. The lowest BCUT2D eigenvalue weighted by molar-refractivity contribution is -0.121. The van der Waals surface area contributed by atoms with E-state index in [1.807, 2.05) is 43.3 Å². The van der Waals surface area contributed by atoms with Gasteiger partial charge in [0, 0.05) is 26.1 Å². The fourth-order valence-electron chi connectivity index (χ4n) is 2.26. The van der Waals surface area contributed by atoms with E-state index in [1.165, 1.54) is 0 Å². The van der Waals surface area contributed by atoms with Crippen LogP contribution in [0, 0.1) is 6.92 Å². The van der Waals surface area contributed by atoms with E-state index in [9.17, 15) is 9.59 Å². The van der Waals surface area contributed by atoms with Gasteiger partial charge >= 0.3 is 0 Å². The van der Waals surface area contributed by atoms with Crippen LogP contribution in [0.2, 0.25) is 0 Å². The van der Waals surface area contributed by atoms with Gasteiger partial charge in [-0.2, -0.15) is 0 Å². The van der Waals surface area contributed by atoms with Crippen molar-refractivity contribution >= 4 is 16.9 Å². The van der Waals surface area contributed by atoms with Gasteiger partial charge in [0.05, 0.1) is 11.0 Å². The Hall–Kier alpha value is -2.21. The molecule has 1 heterocycles. The highest BCUT2D eigenvalue weighted by Crippen LogP contribution is 2.10. The highest BCUT2D eigenvalue weighted by Gasteiger charge is 2.09. The topological polar surface area (TPSA) is 67.2 Å². The molecule has 0 aliphatic heterocycles. The van der Waals surface area contributed by atoms with Crippen LogP contribution in [-0.2, 0) is 11.3 Å². The molecule has 1 aromatic carbocycles. The fourth-order valence-corrected chi connectivity index (χ4v) is 2.26. The van der Waals surface area contributed by atoms with E-state index >= 15 is 0 Å². The Morgan fingerprint density at radius 2 is 2.05 bits per heavy atom. The highest BCUT2D eigenvalue weighted by molar-refractivity contribution is 5.77. The lowest BCUT2D eigenvalue weighted by Gasteiger charge is -2.12. The van der Waals surface area contributed by atoms with Crippen molar-refractivity contribution in [3.63, 3.8) is 0 Å². The van der Waals surface area contributed by atoms with Crippen LogP contribution in [0.4, 0.5) is 0 Å². The van der Waals surface area contributed by atoms with Gasteiger partial charge in [0.15, 0.2) is 0 Å². The average molecular weight is 302 g/mol. The summed E-state index contributed by atoms with van der Waals surface area (Å²) < 4.78 is 1.63. The summed E-state index contributed by atoms with van der Waals surface area (Å²) in [6.07, 6.45) is 0.279. The largest absolute Gasteiger partial charge is 0.355 e. The lowest BCUT2D eigenvalue weighted by Crippen LogP contribution is -2.33. The molecular weight excluding hydrogens is 280 g/mol. The van der Waals surface area contributed by atoms with Gasteiger partial charge < -0.3 is 14.8 Å². The number of likely N-dealkylation sites (N-methyl/N-ethyl adjacent to an activating group) is 1. The first-order valence-corrected chi connectivity index (χ1v) is 7.36. The summed E-state index contributed by atoms with van der Waals surface area (Å²) in [5.74, 6) is -0.0488. The minimum atomic E-state index is -0.139. The highest BCUT2D eigenvalue weighted by atomic mass is 16.2.